The van der Waals surface area contributed by atoms with Gasteiger partial charge in [-0.3, -0.25) is 0 Å². The maximum absolute atomic E-state index is 8.45. The second-order valence-electron chi connectivity index (χ2n) is 1.60. The van der Waals surface area contributed by atoms with Gasteiger partial charge in [0.2, 0.25) is 0 Å². The van der Waals surface area contributed by atoms with E-state index in [0.29, 0.717) is 6.42 Å². The van der Waals surface area contributed by atoms with Crippen molar-refractivity contribution < 1.29 is 15.3 Å². The molecule has 0 amide bonds. The monoisotopic (exact) mass is 244 g/mol. The number of hydrogen-bond acceptors (Lipinski definition) is 3. The highest BCUT2D eigenvalue weighted by Gasteiger charge is 2.21. The lowest BCUT2D eigenvalue weighted by Crippen LogP contribution is -2.26. The van der Waals surface area contributed by atoms with Gasteiger partial charge in [0.25, 0.3) is 0 Å². The molecular weight excluding hydrogens is 235 g/mol. The van der Waals surface area contributed by atoms with Crippen LogP contribution in [-0.4, -0.2) is 21.3 Å². The first kappa shape index (κ1) is 9.35. The molecule has 0 aliphatic heterocycles. The normalized spacial score (nSPS) is 14.1. The maximum Gasteiger partial charge on any atom is 0.310 e. The molecule has 54 valence electrons. The quantitative estimate of drug-likeness (QED) is 0.485. The molecule has 0 bridgehead atoms. The van der Waals surface area contributed by atoms with E-state index < -0.39 is 5.97 Å². The van der Waals surface area contributed by atoms with E-state index >= 15 is 0 Å². The minimum atomic E-state index is -2.64. The van der Waals surface area contributed by atoms with Crippen LogP contribution in [0.1, 0.15) is 13.3 Å². The number of aliphatic hydroxyl groups is 3. The van der Waals surface area contributed by atoms with Gasteiger partial charge in [0, 0.05) is 0 Å². The van der Waals surface area contributed by atoms with Crippen LogP contribution in [0.2, 0.25) is 0 Å². The van der Waals surface area contributed by atoms with Gasteiger partial charge >= 0.3 is 5.97 Å². The molecule has 0 aliphatic carbocycles. The predicted molar refractivity (Wildman–Crippen MR) is 41.8 cm³/mol. The SMILES string of the molecule is CCC=C(I)C(O)(O)O. The zero-order valence-electron chi connectivity index (χ0n) is 5.00. The molecule has 0 spiro atoms. The number of allylic oxidation sites excluding steroid dienone is 1. The molecule has 0 aromatic carbocycles. The van der Waals surface area contributed by atoms with Crippen LogP contribution >= 0.6 is 22.6 Å². The third kappa shape index (κ3) is 3.85. The van der Waals surface area contributed by atoms with E-state index in [1.54, 1.807) is 22.6 Å². The summed E-state index contributed by atoms with van der Waals surface area (Å²) in [4.78, 5) is 0. The molecule has 0 fully saturated rings. The molecule has 9 heavy (non-hydrogen) atoms. The van der Waals surface area contributed by atoms with Crippen molar-refractivity contribution in [3.05, 3.63) is 9.66 Å². The van der Waals surface area contributed by atoms with Crippen LogP contribution in [-0.2, 0) is 0 Å². The van der Waals surface area contributed by atoms with Gasteiger partial charge in [0.15, 0.2) is 0 Å². The van der Waals surface area contributed by atoms with Crippen molar-refractivity contribution >= 4 is 22.6 Å². The molecule has 0 unspecified atom stereocenters. The summed E-state index contributed by atoms with van der Waals surface area (Å²) in [5.41, 5.74) is 0. The van der Waals surface area contributed by atoms with Crippen LogP contribution in [0.25, 0.3) is 0 Å². The van der Waals surface area contributed by atoms with Gasteiger partial charge in [-0.15, -0.1) is 0 Å². The van der Waals surface area contributed by atoms with Crippen molar-refractivity contribution in [2.45, 2.75) is 19.3 Å². The minimum absolute atomic E-state index is 0.127. The van der Waals surface area contributed by atoms with E-state index in [9.17, 15) is 0 Å². The molecule has 0 saturated carbocycles. The molecule has 0 aromatic rings. The van der Waals surface area contributed by atoms with Crippen molar-refractivity contribution in [2.75, 3.05) is 0 Å². The molecular formula is C5H9IO3. The molecule has 3 nitrogen and oxygen atoms in total. The molecule has 0 radical (unpaired) electrons. The third-order valence-corrected chi connectivity index (χ3v) is 1.87. The Labute approximate surface area is 67.2 Å². The fourth-order valence-electron chi connectivity index (χ4n) is 0.316. The zero-order valence-corrected chi connectivity index (χ0v) is 7.16. The summed E-state index contributed by atoms with van der Waals surface area (Å²) in [5.74, 6) is -2.64. The molecule has 0 heterocycles. The van der Waals surface area contributed by atoms with E-state index in [-0.39, 0.29) is 3.58 Å². The summed E-state index contributed by atoms with van der Waals surface area (Å²) in [7, 11) is 0. The first-order valence-electron chi connectivity index (χ1n) is 2.51. The highest BCUT2D eigenvalue weighted by atomic mass is 127. The highest BCUT2D eigenvalue weighted by molar-refractivity contribution is 14.1. The Morgan fingerprint density at radius 2 is 2.00 bits per heavy atom. The molecule has 3 N–H and O–H groups in total. The summed E-state index contributed by atoms with van der Waals surface area (Å²) in [6.45, 7) is 1.84. The van der Waals surface area contributed by atoms with Crippen molar-refractivity contribution in [1.82, 2.24) is 0 Å². The first-order valence-corrected chi connectivity index (χ1v) is 3.59. The van der Waals surface area contributed by atoms with Crippen molar-refractivity contribution in [1.29, 1.82) is 0 Å². The second kappa shape index (κ2) is 3.50. The zero-order chi connectivity index (χ0) is 7.49. The standard InChI is InChI=1S/C5H9IO3/c1-2-3-4(6)5(7,8)9/h3,7-9H,2H2,1H3. The van der Waals surface area contributed by atoms with Crippen molar-refractivity contribution in [2.24, 2.45) is 0 Å². The van der Waals surface area contributed by atoms with Crippen LogP contribution in [0.15, 0.2) is 9.66 Å². The molecule has 0 aromatic heterocycles. The van der Waals surface area contributed by atoms with Crippen LogP contribution in [0, 0.1) is 0 Å². The third-order valence-electron chi connectivity index (χ3n) is 0.704. The van der Waals surface area contributed by atoms with Gasteiger partial charge in [-0.2, -0.15) is 0 Å². The van der Waals surface area contributed by atoms with Crippen LogP contribution in [0.5, 0.6) is 0 Å². The number of halogens is 1. The smallest absolute Gasteiger partial charge is 0.310 e. The van der Waals surface area contributed by atoms with Gasteiger partial charge in [0.1, 0.15) is 0 Å². The Hall–Kier alpha value is 0.350. The number of hydrogen-bond donors (Lipinski definition) is 3. The predicted octanol–water partition coefficient (Wildman–Crippen LogP) is 0.346. The fraction of sp³-hybridized carbons (Fsp3) is 0.600. The fourth-order valence-corrected chi connectivity index (χ4v) is 0.757. The molecule has 0 aliphatic rings. The Morgan fingerprint density at radius 3 is 2.11 bits per heavy atom. The summed E-state index contributed by atoms with van der Waals surface area (Å²) in [6, 6.07) is 0. The van der Waals surface area contributed by atoms with Gasteiger partial charge in [-0.05, 0) is 29.0 Å². The molecule has 0 rings (SSSR count). The van der Waals surface area contributed by atoms with E-state index in [1.165, 1.54) is 6.08 Å². The van der Waals surface area contributed by atoms with Gasteiger partial charge in [-0.1, -0.05) is 13.0 Å². The maximum atomic E-state index is 8.45. The highest BCUT2D eigenvalue weighted by Crippen LogP contribution is 2.17. The molecule has 4 heteroatoms. The largest absolute Gasteiger partial charge is 0.339 e. The Morgan fingerprint density at radius 1 is 1.56 bits per heavy atom. The van der Waals surface area contributed by atoms with Gasteiger partial charge in [0.05, 0.1) is 3.58 Å². The Balaban J connectivity index is 4.03. The van der Waals surface area contributed by atoms with E-state index in [1.807, 2.05) is 6.92 Å². The van der Waals surface area contributed by atoms with Crippen LogP contribution < -0.4 is 0 Å². The molecule has 0 saturated heterocycles. The average Bonchev–Trinajstić information content (AvgIpc) is 1.64. The summed E-state index contributed by atoms with van der Waals surface area (Å²) < 4.78 is 0.127. The van der Waals surface area contributed by atoms with Crippen LogP contribution in [0.4, 0.5) is 0 Å². The van der Waals surface area contributed by atoms with E-state index in [2.05, 4.69) is 0 Å². The first-order chi connectivity index (χ1) is 3.98. The topological polar surface area (TPSA) is 60.7 Å². The van der Waals surface area contributed by atoms with Gasteiger partial charge in [-0.25, -0.2) is 0 Å². The minimum Gasteiger partial charge on any atom is -0.339 e. The average molecular weight is 244 g/mol. The lowest BCUT2D eigenvalue weighted by molar-refractivity contribution is -0.274. The number of rotatable bonds is 2. The van der Waals surface area contributed by atoms with E-state index in [0.717, 1.165) is 0 Å². The second-order valence-corrected chi connectivity index (χ2v) is 2.76. The van der Waals surface area contributed by atoms with Crippen LogP contribution in [0.3, 0.4) is 0 Å². The van der Waals surface area contributed by atoms with Crippen molar-refractivity contribution in [3.8, 4) is 0 Å². The van der Waals surface area contributed by atoms with Gasteiger partial charge < -0.3 is 15.3 Å². The molecule has 0 atom stereocenters. The lowest BCUT2D eigenvalue weighted by Gasteiger charge is -2.11. The van der Waals surface area contributed by atoms with E-state index in [4.69, 9.17) is 15.3 Å². The van der Waals surface area contributed by atoms with Crippen molar-refractivity contribution in [3.63, 3.8) is 0 Å². The summed E-state index contributed by atoms with van der Waals surface area (Å²) >= 11 is 1.66. The Bertz CT molecular complexity index is 114. The summed E-state index contributed by atoms with van der Waals surface area (Å²) in [6.07, 6.45) is 2.20. The Kier molecular flexibility index (Phi) is 3.64. The summed E-state index contributed by atoms with van der Waals surface area (Å²) in [5, 5.41) is 25.4. The lowest BCUT2D eigenvalue weighted by atomic mass is 10.4.